The minimum absolute atomic E-state index is 0.284. The fourth-order valence-corrected chi connectivity index (χ4v) is 2.21. The molecule has 0 unspecified atom stereocenters. The number of hydrogen-bond acceptors (Lipinski definition) is 4. The zero-order valence-electron chi connectivity index (χ0n) is 13.3. The van der Waals surface area contributed by atoms with E-state index in [0.717, 1.165) is 11.1 Å². The predicted octanol–water partition coefficient (Wildman–Crippen LogP) is 0.619. The normalized spacial score (nSPS) is 12.9. The van der Waals surface area contributed by atoms with Crippen LogP contribution in [0.1, 0.15) is 23.2 Å². The summed E-state index contributed by atoms with van der Waals surface area (Å²) in [6, 6.07) is 16.8. The Labute approximate surface area is 141 Å². The largest absolute Gasteiger partial charge is 0.353 e. The molecule has 2 aromatic carbocycles. The zero-order valence-corrected chi connectivity index (χ0v) is 13.3. The summed E-state index contributed by atoms with van der Waals surface area (Å²) in [7, 11) is 0. The fraction of sp³-hybridized carbons (Fsp3) is 0.222. The lowest BCUT2D eigenvalue weighted by atomic mass is 10.1. The third-order valence-corrected chi connectivity index (χ3v) is 3.61. The molecule has 0 aliphatic rings. The quantitative estimate of drug-likeness (QED) is 0.559. The summed E-state index contributed by atoms with van der Waals surface area (Å²) in [6.07, 6.45) is 0. The maximum absolute atomic E-state index is 12.0. The van der Waals surface area contributed by atoms with Gasteiger partial charge in [-0.2, -0.15) is 0 Å². The summed E-state index contributed by atoms with van der Waals surface area (Å²) in [5.74, 6) is -0.578. The van der Waals surface area contributed by atoms with Gasteiger partial charge in [-0.15, -0.1) is 0 Å². The molecule has 2 rings (SSSR count). The smallest absolute Gasteiger partial charge is 0.241 e. The number of benzene rings is 2. The molecule has 0 aliphatic carbocycles. The second-order valence-electron chi connectivity index (χ2n) is 5.36. The second kappa shape index (κ2) is 8.81. The van der Waals surface area contributed by atoms with Crippen molar-refractivity contribution in [2.24, 2.45) is 11.5 Å². The lowest BCUT2D eigenvalue weighted by Gasteiger charge is -2.14. The summed E-state index contributed by atoms with van der Waals surface area (Å²) in [6.45, 7) is 0.569. The molecule has 0 aliphatic heterocycles. The van der Waals surface area contributed by atoms with Gasteiger partial charge in [0.15, 0.2) is 0 Å². The van der Waals surface area contributed by atoms with Crippen LogP contribution in [0.25, 0.3) is 0 Å². The molecular weight excluding hydrogens is 304 g/mol. The average molecular weight is 326 g/mol. The molecule has 0 spiro atoms. The van der Waals surface area contributed by atoms with Crippen LogP contribution >= 0.6 is 0 Å². The van der Waals surface area contributed by atoms with Crippen LogP contribution in [0.4, 0.5) is 0 Å². The Morgan fingerprint density at radius 3 is 1.38 bits per heavy atom. The molecule has 0 saturated heterocycles. The van der Waals surface area contributed by atoms with E-state index in [1.165, 1.54) is 0 Å². The standard InChI is InChI=1S/C18H22N4O2/c19-15(13-7-3-1-4-8-13)17(23)21-11-12-22-18(24)16(20)14-9-5-2-6-10-14/h1-10,15-16H,11-12,19-20H2,(H,21,23)(H,22,24)/t15-,16-/m0/s1. The van der Waals surface area contributed by atoms with Crippen molar-refractivity contribution in [1.82, 2.24) is 10.6 Å². The Balaban J connectivity index is 1.72. The Morgan fingerprint density at radius 1 is 0.708 bits per heavy atom. The molecule has 0 radical (unpaired) electrons. The first-order chi connectivity index (χ1) is 11.6. The highest BCUT2D eigenvalue weighted by molar-refractivity contribution is 5.84. The molecule has 6 nitrogen and oxygen atoms in total. The summed E-state index contributed by atoms with van der Waals surface area (Å²) < 4.78 is 0. The number of amides is 2. The topological polar surface area (TPSA) is 110 Å². The average Bonchev–Trinajstić information content (AvgIpc) is 2.65. The number of carbonyl (C=O) groups excluding carboxylic acids is 2. The molecule has 0 saturated carbocycles. The highest BCUT2D eigenvalue weighted by atomic mass is 16.2. The molecule has 2 atom stereocenters. The third-order valence-electron chi connectivity index (χ3n) is 3.61. The van der Waals surface area contributed by atoms with E-state index in [4.69, 9.17) is 11.5 Å². The van der Waals surface area contributed by atoms with Crippen LogP contribution in [-0.2, 0) is 9.59 Å². The van der Waals surface area contributed by atoms with Gasteiger partial charge in [-0.3, -0.25) is 9.59 Å². The maximum Gasteiger partial charge on any atom is 0.241 e. The number of nitrogens with two attached hydrogens (primary N) is 2. The summed E-state index contributed by atoms with van der Waals surface area (Å²) in [4.78, 5) is 23.9. The molecule has 0 aromatic heterocycles. The molecule has 6 heteroatoms. The minimum Gasteiger partial charge on any atom is -0.353 e. The van der Waals surface area contributed by atoms with E-state index in [0.29, 0.717) is 0 Å². The number of nitrogens with one attached hydrogen (secondary N) is 2. The lowest BCUT2D eigenvalue weighted by Crippen LogP contribution is -2.41. The van der Waals surface area contributed by atoms with E-state index < -0.39 is 12.1 Å². The predicted molar refractivity (Wildman–Crippen MR) is 92.8 cm³/mol. The highest BCUT2D eigenvalue weighted by Gasteiger charge is 2.16. The van der Waals surface area contributed by atoms with Crippen molar-refractivity contribution in [3.8, 4) is 0 Å². The van der Waals surface area contributed by atoms with Crippen molar-refractivity contribution >= 4 is 11.8 Å². The van der Waals surface area contributed by atoms with Crippen LogP contribution in [0, 0.1) is 0 Å². The SMILES string of the molecule is N[C@H](C(=O)NCCNC(=O)[C@@H](N)c1ccccc1)c1ccccc1. The fourth-order valence-electron chi connectivity index (χ4n) is 2.21. The van der Waals surface area contributed by atoms with E-state index in [1.807, 2.05) is 36.4 Å². The lowest BCUT2D eigenvalue weighted by molar-refractivity contribution is -0.124. The third kappa shape index (κ3) is 4.91. The van der Waals surface area contributed by atoms with Gasteiger partial charge >= 0.3 is 0 Å². The van der Waals surface area contributed by atoms with Gasteiger partial charge in [0.05, 0.1) is 0 Å². The van der Waals surface area contributed by atoms with Crippen LogP contribution in [0.15, 0.2) is 60.7 Å². The molecule has 0 bridgehead atoms. The van der Waals surface area contributed by atoms with Gasteiger partial charge in [0.1, 0.15) is 12.1 Å². The summed E-state index contributed by atoms with van der Waals surface area (Å²) in [5.41, 5.74) is 13.3. The zero-order chi connectivity index (χ0) is 17.4. The van der Waals surface area contributed by atoms with Gasteiger partial charge in [0.2, 0.25) is 11.8 Å². The van der Waals surface area contributed by atoms with Crippen LogP contribution in [-0.4, -0.2) is 24.9 Å². The first-order valence-electron chi connectivity index (χ1n) is 7.76. The molecule has 2 aromatic rings. The van der Waals surface area contributed by atoms with Gasteiger partial charge < -0.3 is 22.1 Å². The van der Waals surface area contributed by atoms with Crippen molar-refractivity contribution in [2.45, 2.75) is 12.1 Å². The molecule has 126 valence electrons. The molecule has 0 heterocycles. The van der Waals surface area contributed by atoms with Gasteiger partial charge in [-0.05, 0) is 11.1 Å². The van der Waals surface area contributed by atoms with E-state index in [2.05, 4.69) is 10.6 Å². The Bertz CT molecular complexity index is 602. The molecule has 2 amide bonds. The molecule has 0 fully saturated rings. The van der Waals surface area contributed by atoms with Gasteiger partial charge in [0.25, 0.3) is 0 Å². The first-order valence-corrected chi connectivity index (χ1v) is 7.76. The minimum atomic E-state index is -0.728. The summed E-state index contributed by atoms with van der Waals surface area (Å²) >= 11 is 0. The van der Waals surface area contributed by atoms with Crippen LogP contribution in [0.5, 0.6) is 0 Å². The number of carbonyl (C=O) groups is 2. The molecular formula is C18H22N4O2. The molecule has 6 N–H and O–H groups in total. The van der Waals surface area contributed by atoms with E-state index in [-0.39, 0.29) is 24.9 Å². The van der Waals surface area contributed by atoms with Crippen molar-refractivity contribution in [3.05, 3.63) is 71.8 Å². The molecule has 24 heavy (non-hydrogen) atoms. The number of hydrogen-bond donors (Lipinski definition) is 4. The van der Waals surface area contributed by atoms with Gasteiger partial charge in [-0.25, -0.2) is 0 Å². The van der Waals surface area contributed by atoms with E-state index >= 15 is 0 Å². The van der Waals surface area contributed by atoms with Crippen molar-refractivity contribution in [2.75, 3.05) is 13.1 Å². The highest BCUT2D eigenvalue weighted by Crippen LogP contribution is 2.09. The van der Waals surface area contributed by atoms with Gasteiger partial charge in [0, 0.05) is 13.1 Å². The van der Waals surface area contributed by atoms with Crippen LogP contribution in [0.3, 0.4) is 0 Å². The Kier molecular flexibility index (Phi) is 6.48. The number of rotatable bonds is 7. The monoisotopic (exact) mass is 326 g/mol. The maximum atomic E-state index is 12.0. The summed E-state index contributed by atoms with van der Waals surface area (Å²) in [5, 5.41) is 5.39. The van der Waals surface area contributed by atoms with Crippen molar-refractivity contribution in [1.29, 1.82) is 0 Å². The van der Waals surface area contributed by atoms with Crippen molar-refractivity contribution < 1.29 is 9.59 Å². The van der Waals surface area contributed by atoms with Crippen molar-refractivity contribution in [3.63, 3.8) is 0 Å². The second-order valence-corrected chi connectivity index (χ2v) is 5.36. The van der Waals surface area contributed by atoms with E-state index in [1.54, 1.807) is 24.3 Å². The first kappa shape index (κ1) is 17.7. The Hall–Kier alpha value is -2.70. The van der Waals surface area contributed by atoms with Crippen LogP contribution < -0.4 is 22.1 Å². The van der Waals surface area contributed by atoms with E-state index in [9.17, 15) is 9.59 Å². The van der Waals surface area contributed by atoms with Gasteiger partial charge in [-0.1, -0.05) is 60.7 Å². The van der Waals surface area contributed by atoms with Crippen LogP contribution in [0.2, 0.25) is 0 Å². The Morgan fingerprint density at radius 2 is 1.04 bits per heavy atom.